The molecule has 2 amide bonds. The number of likely N-dealkylation sites (N-methyl/N-ethyl adjacent to an activating group) is 1. The smallest absolute Gasteiger partial charge is 0.242 e. The number of hydrogen-bond donors (Lipinski definition) is 1. The first-order valence-corrected chi connectivity index (χ1v) is 8.68. The van der Waals surface area contributed by atoms with Gasteiger partial charge in [-0.1, -0.05) is 12.1 Å². The molecular weight excluding hydrogens is 329 g/mol. The number of nitrogens with zero attached hydrogens (tertiary/aromatic N) is 2. The van der Waals surface area contributed by atoms with Crippen LogP contribution < -0.4 is 5.32 Å². The maximum Gasteiger partial charge on any atom is 0.242 e. The number of rotatable bonds is 4. The lowest BCUT2D eigenvalue weighted by molar-refractivity contribution is -0.137. The van der Waals surface area contributed by atoms with Crippen LogP contribution in [0.1, 0.15) is 18.5 Å². The van der Waals surface area contributed by atoms with Crippen molar-refractivity contribution in [2.24, 2.45) is 0 Å². The predicted molar refractivity (Wildman–Crippen MR) is 90.0 cm³/mol. The topological polar surface area (TPSA) is 62.3 Å². The summed E-state index contributed by atoms with van der Waals surface area (Å²) in [5.74, 6) is -0.539. The third-order valence-electron chi connectivity index (χ3n) is 4.08. The largest absolute Gasteiger partial charge is 0.357 e. The fourth-order valence-electron chi connectivity index (χ4n) is 2.90. The maximum atomic E-state index is 13.3. The number of thiazole rings is 1. The summed E-state index contributed by atoms with van der Waals surface area (Å²) in [4.78, 5) is 30.4. The van der Waals surface area contributed by atoms with Gasteiger partial charge >= 0.3 is 0 Å². The molecule has 0 saturated carbocycles. The zero-order chi connectivity index (χ0) is 17.1. The minimum atomic E-state index is -0.385. The molecule has 1 saturated heterocycles. The second-order valence-electron chi connectivity index (χ2n) is 5.69. The molecule has 7 heteroatoms. The monoisotopic (exact) mass is 347 g/mol. The minimum absolute atomic E-state index is 0.0998. The van der Waals surface area contributed by atoms with Gasteiger partial charge < -0.3 is 10.2 Å². The van der Waals surface area contributed by atoms with Gasteiger partial charge in [0.2, 0.25) is 11.8 Å². The van der Waals surface area contributed by atoms with E-state index >= 15 is 0 Å². The van der Waals surface area contributed by atoms with Crippen LogP contribution in [0.2, 0.25) is 0 Å². The molecule has 0 spiro atoms. The second kappa shape index (κ2) is 7.09. The van der Waals surface area contributed by atoms with E-state index in [1.54, 1.807) is 24.1 Å². The quantitative estimate of drug-likeness (QED) is 0.923. The molecule has 1 aliphatic rings. The van der Waals surface area contributed by atoms with Crippen molar-refractivity contribution < 1.29 is 14.0 Å². The lowest BCUT2D eigenvalue weighted by Crippen LogP contribution is -2.45. The van der Waals surface area contributed by atoms with Crippen molar-refractivity contribution in [1.29, 1.82) is 0 Å². The summed E-state index contributed by atoms with van der Waals surface area (Å²) in [6.45, 7) is 0.595. The zero-order valence-corrected chi connectivity index (χ0v) is 14.1. The van der Waals surface area contributed by atoms with Crippen LogP contribution in [-0.2, 0) is 16.0 Å². The number of aromatic nitrogens is 1. The van der Waals surface area contributed by atoms with E-state index in [1.807, 2.05) is 5.38 Å². The van der Waals surface area contributed by atoms with E-state index < -0.39 is 0 Å². The van der Waals surface area contributed by atoms with Crippen molar-refractivity contribution in [1.82, 2.24) is 15.2 Å². The number of amides is 2. The van der Waals surface area contributed by atoms with Crippen LogP contribution in [-0.4, -0.2) is 41.3 Å². The van der Waals surface area contributed by atoms with Crippen LogP contribution in [0.25, 0.3) is 10.6 Å². The first kappa shape index (κ1) is 16.6. The third kappa shape index (κ3) is 3.46. The van der Waals surface area contributed by atoms with Gasteiger partial charge in [-0.25, -0.2) is 9.37 Å². The van der Waals surface area contributed by atoms with Gasteiger partial charge in [0.1, 0.15) is 16.9 Å². The van der Waals surface area contributed by atoms with Gasteiger partial charge in [-0.2, -0.15) is 0 Å². The molecule has 1 unspecified atom stereocenters. The highest BCUT2D eigenvalue weighted by atomic mass is 32.1. The zero-order valence-electron chi connectivity index (χ0n) is 13.3. The van der Waals surface area contributed by atoms with Crippen LogP contribution in [0.15, 0.2) is 29.6 Å². The van der Waals surface area contributed by atoms with E-state index in [-0.39, 0.29) is 30.1 Å². The average Bonchev–Trinajstić information content (AvgIpc) is 3.23. The van der Waals surface area contributed by atoms with Crippen molar-refractivity contribution in [2.45, 2.75) is 25.3 Å². The van der Waals surface area contributed by atoms with Crippen LogP contribution in [0.3, 0.4) is 0 Å². The standard InChI is InChI=1S/C17H18FN3O2S/c1-19-16(23)14-6-3-7-21(14)15(22)9-13-10-24-17(20-13)11-4-2-5-12(18)8-11/h2,4-5,8,10,14H,3,6-7,9H2,1H3,(H,19,23). The molecule has 5 nitrogen and oxygen atoms in total. The molecule has 0 radical (unpaired) electrons. The molecular formula is C17H18FN3O2S. The number of halogens is 1. The molecule has 1 N–H and O–H groups in total. The Balaban J connectivity index is 1.70. The highest BCUT2D eigenvalue weighted by molar-refractivity contribution is 7.13. The summed E-state index contributed by atoms with van der Waals surface area (Å²) in [5.41, 5.74) is 1.34. The van der Waals surface area contributed by atoms with Gasteiger partial charge in [-0.3, -0.25) is 9.59 Å². The summed E-state index contributed by atoms with van der Waals surface area (Å²) in [7, 11) is 1.58. The van der Waals surface area contributed by atoms with E-state index in [0.717, 1.165) is 6.42 Å². The number of benzene rings is 1. The summed E-state index contributed by atoms with van der Waals surface area (Å²) in [5, 5.41) is 5.10. The Kier molecular flexibility index (Phi) is 4.89. The molecule has 1 aromatic heterocycles. The minimum Gasteiger partial charge on any atom is -0.357 e. The van der Waals surface area contributed by atoms with Crippen LogP contribution in [0.4, 0.5) is 4.39 Å². The van der Waals surface area contributed by atoms with Gasteiger partial charge in [-0.05, 0) is 25.0 Å². The first-order valence-electron chi connectivity index (χ1n) is 7.80. The predicted octanol–water partition coefficient (Wildman–Crippen LogP) is 2.23. The van der Waals surface area contributed by atoms with E-state index in [0.29, 0.717) is 29.2 Å². The lowest BCUT2D eigenvalue weighted by atomic mass is 10.2. The fraction of sp³-hybridized carbons (Fsp3) is 0.353. The van der Waals surface area contributed by atoms with Crippen LogP contribution in [0.5, 0.6) is 0 Å². The Hall–Kier alpha value is -2.28. The van der Waals surface area contributed by atoms with Crippen LogP contribution in [0, 0.1) is 5.82 Å². The lowest BCUT2D eigenvalue weighted by Gasteiger charge is -2.23. The normalized spacial score (nSPS) is 17.1. The van der Waals surface area contributed by atoms with Gasteiger partial charge in [0.15, 0.2) is 0 Å². The number of likely N-dealkylation sites (tertiary alicyclic amines) is 1. The molecule has 126 valence electrons. The van der Waals surface area contributed by atoms with Crippen molar-refractivity contribution >= 4 is 23.2 Å². The summed E-state index contributed by atoms with van der Waals surface area (Å²) in [6, 6.07) is 5.84. The first-order chi connectivity index (χ1) is 11.6. The average molecular weight is 347 g/mol. The summed E-state index contributed by atoms with van der Waals surface area (Å²) >= 11 is 1.38. The van der Waals surface area contributed by atoms with Crippen molar-refractivity contribution in [3.05, 3.63) is 41.2 Å². The van der Waals surface area contributed by atoms with Gasteiger partial charge in [0.05, 0.1) is 12.1 Å². The Morgan fingerprint density at radius 3 is 3.04 bits per heavy atom. The number of nitrogens with one attached hydrogen (secondary N) is 1. The van der Waals surface area contributed by atoms with Crippen LogP contribution >= 0.6 is 11.3 Å². The molecule has 2 aromatic rings. The molecule has 1 atom stereocenters. The highest BCUT2D eigenvalue weighted by Gasteiger charge is 2.33. The van der Waals surface area contributed by atoms with E-state index in [9.17, 15) is 14.0 Å². The second-order valence-corrected chi connectivity index (χ2v) is 6.55. The molecule has 1 fully saturated rings. The molecule has 24 heavy (non-hydrogen) atoms. The molecule has 0 bridgehead atoms. The molecule has 2 heterocycles. The third-order valence-corrected chi connectivity index (χ3v) is 5.02. The Labute approximate surface area is 143 Å². The van der Waals surface area contributed by atoms with Crippen molar-refractivity contribution in [3.8, 4) is 10.6 Å². The number of carbonyl (C=O) groups excluding carboxylic acids is 2. The van der Waals surface area contributed by atoms with E-state index in [2.05, 4.69) is 10.3 Å². The number of carbonyl (C=O) groups is 2. The van der Waals surface area contributed by atoms with Gasteiger partial charge in [-0.15, -0.1) is 11.3 Å². The van der Waals surface area contributed by atoms with E-state index in [1.165, 1.54) is 23.5 Å². The molecule has 1 aliphatic heterocycles. The van der Waals surface area contributed by atoms with Gasteiger partial charge in [0, 0.05) is 24.5 Å². The molecule has 3 rings (SSSR count). The Morgan fingerprint density at radius 1 is 1.46 bits per heavy atom. The fourth-order valence-corrected chi connectivity index (χ4v) is 3.72. The molecule has 1 aromatic carbocycles. The highest BCUT2D eigenvalue weighted by Crippen LogP contribution is 2.25. The summed E-state index contributed by atoms with van der Waals surface area (Å²) < 4.78 is 13.3. The Morgan fingerprint density at radius 2 is 2.29 bits per heavy atom. The van der Waals surface area contributed by atoms with Crippen molar-refractivity contribution in [3.63, 3.8) is 0 Å². The molecule has 0 aliphatic carbocycles. The van der Waals surface area contributed by atoms with E-state index in [4.69, 9.17) is 0 Å². The van der Waals surface area contributed by atoms with Crippen molar-refractivity contribution in [2.75, 3.05) is 13.6 Å². The maximum absolute atomic E-state index is 13.3. The Bertz CT molecular complexity index is 762. The van der Waals surface area contributed by atoms with Gasteiger partial charge in [0.25, 0.3) is 0 Å². The summed E-state index contributed by atoms with van der Waals surface area (Å²) in [6.07, 6.45) is 1.67. The number of hydrogen-bond acceptors (Lipinski definition) is 4. The SMILES string of the molecule is CNC(=O)C1CCCN1C(=O)Cc1csc(-c2cccc(F)c2)n1.